The minimum atomic E-state index is -0.0760. The lowest BCUT2D eigenvalue weighted by Crippen LogP contribution is -2.21. The van der Waals surface area contributed by atoms with Crippen molar-refractivity contribution in [1.29, 1.82) is 0 Å². The van der Waals surface area contributed by atoms with Gasteiger partial charge in [-0.2, -0.15) is 5.10 Å². The number of aryl methyl sites for hydroxylation is 1. The standard InChI is InChI=1S/C10H16N2O/c1-8-6-11-12(7-8)9-2-4-10(13)5-3-9/h6-7,9-10,13H,2-5H2,1H3/t9-,10-. The number of aromatic nitrogens is 2. The molecule has 0 unspecified atom stereocenters. The summed E-state index contributed by atoms with van der Waals surface area (Å²) >= 11 is 0. The Morgan fingerprint density at radius 3 is 2.62 bits per heavy atom. The molecule has 2 rings (SSSR count). The lowest BCUT2D eigenvalue weighted by Gasteiger charge is -2.25. The van der Waals surface area contributed by atoms with Crippen LogP contribution in [0.4, 0.5) is 0 Å². The van der Waals surface area contributed by atoms with E-state index in [1.807, 2.05) is 10.9 Å². The van der Waals surface area contributed by atoms with Gasteiger partial charge in [-0.3, -0.25) is 4.68 Å². The second-order valence-electron chi connectivity index (χ2n) is 3.96. The summed E-state index contributed by atoms with van der Waals surface area (Å²) in [6.07, 6.45) is 7.86. The van der Waals surface area contributed by atoms with Gasteiger partial charge in [-0.1, -0.05) is 0 Å². The molecule has 72 valence electrons. The molecule has 13 heavy (non-hydrogen) atoms. The molecule has 0 radical (unpaired) electrons. The van der Waals surface area contributed by atoms with E-state index in [1.165, 1.54) is 5.56 Å². The molecule has 3 heteroatoms. The topological polar surface area (TPSA) is 38.0 Å². The van der Waals surface area contributed by atoms with Crippen molar-refractivity contribution in [1.82, 2.24) is 9.78 Å². The maximum atomic E-state index is 9.35. The van der Waals surface area contributed by atoms with E-state index in [0.717, 1.165) is 25.7 Å². The zero-order valence-corrected chi connectivity index (χ0v) is 7.98. The van der Waals surface area contributed by atoms with Crippen LogP contribution in [0.5, 0.6) is 0 Å². The highest BCUT2D eigenvalue weighted by Crippen LogP contribution is 2.27. The predicted molar refractivity (Wildman–Crippen MR) is 50.5 cm³/mol. The van der Waals surface area contributed by atoms with Crippen LogP contribution < -0.4 is 0 Å². The molecule has 1 fully saturated rings. The maximum absolute atomic E-state index is 9.35. The largest absolute Gasteiger partial charge is 0.393 e. The first-order chi connectivity index (χ1) is 6.25. The molecule has 1 aromatic rings. The fraction of sp³-hybridized carbons (Fsp3) is 0.700. The molecule has 1 aliphatic carbocycles. The highest BCUT2D eigenvalue weighted by atomic mass is 16.3. The Balaban J connectivity index is 2.02. The Labute approximate surface area is 78.4 Å². The van der Waals surface area contributed by atoms with Crippen molar-refractivity contribution in [2.24, 2.45) is 0 Å². The Bertz CT molecular complexity index is 274. The summed E-state index contributed by atoms with van der Waals surface area (Å²) in [6.45, 7) is 2.06. The smallest absolute Gasteiger partial charge is 0.0541 e. The first-order valence-electron chi connectivity index (χ1n) is 4.94. The maximum Gasteiger partial charge on any atom is 0.0541 e. The van der Waals surface area contributed by atoms with Crippen LogP contribution in [0.1, 0.15) is 37.3 Å². The Hall–Kier alpha value is -0.830. The van der Waals surface area contributed by atoms with Crippen LogP contribution >= 0.6 is 0 Å². The second kappa shape index (κ2) is 3.50. The van der Waals surface area contributed by atoms with Gasteiger partial charge in [0.2, 0.25) is 0 Å². The third-order valence-corrected chi connectivity index (χ3v) is 2.77. The zero-order valence-electron chi connectivity index (χ0n) is 7.98. The van der Waals surface area contributed by atoms with Gasteiger partial charge in [-0.25, -0.2) is 0 Å². The van der Waals surface area contributed by atoms with E-state index >= 15 is 0 Å². The summed E-state index contributed by atoms with van der Waals surface area (Å²) in [5.41, 5.74) is 1.21. The SMILES string of the molecule is Cc1cnn([C@H]2CC[C@H](O)CC2)c1. The molecule has 0 aliphatic heterocycles. The quantitative estimate of drug-likeness (QED) is 0.713. The number of hydrogen-bond acceptors (Lipinski definition) is 2. The first-order valence-corrected chi connectivity index (χ1v) is 4.94. The zero-order chi connectivity index (χ0) is 9.26. The van der Waals surface area contributed by atoms with E-state index < -0.39 is 0 Å². The summed E-state index contributed by atoms with van der Waals surface area (Å²) in [6, 6.07) is 0.511. The van der Waals surface area contributed by atoms with Crippen molar-refractivity contribution in [2.45, 2.75) is 44.8 Å². The van der Waals surface area contributed by atoms with E-state index in [9.17, 15) is 5.11 Å². The number of aliphatic hydroxyl groups is 1. The Morgan fingerprint density at radius 2 is 2.08 bits per heavy atom. The summed E-state index contributed by atoms with van der Waals surface area (Å²) in [7, 11) is 0. The molecule has 1 saturated carbocycles. The summed E-state index contributed by atoms with van der Waals surface area (Å²) in [4.78, 5) is 0. The molecule has 1 aliphatic rings. The van der Waals surface area contributed by atoms with Gasteiger partial charge in [0.05, 0.1) is 18.3 Å². The predicted octanol–water partition coefficient (Wildman–Crippen LogP) is 1.67. The van der Waals surface area contributed by atoms with Gasteiger partial charge in [0.15, 0.2) is 0 Å². The molecule has 0 amide bonds. The highest BCUT2D eigenvalue weighted by molar-refractivity contribution is 5.00. The van der Waals surface area contributed by atoms with Gasteiger partial charge in [-0.15, -0.1) is 0 Å². The highest BCUT2D eigenvalue weighted by Gasteiger charge is 2.20. The normalized spacial score (nSPS) is 29.1. The van der Waals surface area contributed by atoms with E-state index in [2.05, 4.69) is 18.2 Å². The molecule has 0 bridgehead atoms. The third-order valence-electron chi connectivity index (χ3n) is 2.77. The minimum Gasteiger partial charge on any atom is -0.393 e. The molecule has 0 spiro atoms. The lowest BCUT2D eigenvalue weighted by atomic mass is 9.93. The van der Waals surface area contributed by atoms with Crippen molar-refractivity contribution in [3.8, 4) is 0 Å². The Kier molecular flexibility index (Phi) is 2.36. The van der Waals surface area contributed by atoms with Crippen LogP contribution in [0.25, 0.3) is 0 Å². The van der Waals surface area contributed by atoms with Gasteiger partial charge >= 0.3 is 0 Å². The van der Waals surface area contributed by atoms with Crippen LogP contribution in [0.15, 0.2) is 12.4 Å². The minimum absolute atomic E-state index is 0.0760. The molecule has 1 heterocycles. The second-order valence-corrected chi connectivity index (χ2v) is 3.96. The lowest BCUT2D eigenvalue weighted by molar-refractivity contribution is 0.108. The number of rotatable bonds is 1. The van der Waals surface area contributed by atoms with E-state index in [-0.39, 0.29) is 6.10 Å². The number of aliphatic hydroxyl groups excluding tert-OH is 1. The van der Waals surface area contributed by atoms with E-state index in [0.29, 0.717) is 6.04 Å². The third kappa shape index (κ3) is 1.91. The van der Waals surface area contributed by atoms with Crippen LogP contribution in [0.2, 0.25) is 0 Å². The molecule has 0 aromatic carbocycles. The van der Waals surface area contributed by atoms with Crippen LogP contribution in [0.3, 0.4) is 0 Å². The molecule has 0 saturated heterocycles. The molecule has 0 atom stereocenters. The van der Waals surface area contributed by atoms with Crippen molar-refractivity contribution in [3.63, 3.8) is 0 Å². The van der Waals surface area contributed by atoms with Crippen molar-refractivity contribution >= 4 is 0 Å². The van der Waals surface area contributed by atoms with Gasteiger partial charge in [0, 0.05) is 6.20 Å². The van der Waals surface area contributed by atoms with Crippen LogP contribution in [-0.2, 0) is 0 Å². The van der Waals surface area contributed by atoms with Crippen molar-refractivity contribution in [3.05, 3.63) is 18.0 Å². The number of hydrogen-bond donors (Lipinski definition) is 1. The summed E-state index contributed by atoms with van der Waals surface area (Å²) < 4.78 is 2.04. The fourth-order valence-electron chi connectivity index (χ4n) is 1.96. The monoisotopic (exact) mass is 180 g/mol. The summed E-state index contributed by atoms with van der Waals surface area (Å²) in [5, 5.41) is 13.6. The van der Waals surface area contributed by atoms with E-state index in [4.69, 9.17) is 0 Å². The Morgan fingerprint density at radius 1 is 1.38 bits per heavy atom. The first kappa shape index (κ1) is 8.75. The van der Waals surface area contributed by atoms with E-state index in [1.54, 1.807) is 0 Å². The fourth-order valence-corrected chi connectivity index (χ4v) is 1.96. The van der Waals surface area contributed by atoms with Gasteiger partial charge in [0.1, 0.15) is 0 Å². The average Bonchev–Trinajstić information content (AvgIpc) is 2.53. The van der Waals surface area contributed by atoms with Crippen molar-refractivity contribution in [2.75, 3.05) is 0 Å². The average molecular weight is 180 g/mol. The molecular weight excluding hydrogens is 164 g/mol. The number of nitrogens with zero attached hydrogens (tertiary/aromatic N) is 2. The van der Waals surface area contributed by atoms with Gasteiger partial charge < -0.3 is 5.11 Å². The van der Waals surface area contributed by atoms with Gasteiger partial charge in [-0.05, 0) is 38.2 Å². The molecular formula is C10H16N2O. The van der Waals surface area contributed by atoms with Crippen LogP contribution in [0, 0.1) is 6.92 Å². The van der Waals surface area contributed by atoms with Crippen molar-refractivity contribution < 1.29 is 5.11 Å². The molecule has 1 aromatic heterocycles. The van der Waals surface area contributed by atoms with Gasteiger partial charge in [0.25, 0.3) is 0 Å². The summed E-state index contributed by atoms with van der Waals surface area (Å²) in [5.74, 6) is 0. The molecule has 1 N–H and O–H groups in total. The van der Waals surface area contributed by atoms with Crippen LogP contribution in [-0.4, -0.2) is 21.0 Å². The molecule has 3 nitrogen and oxygen atoms in total.